The fourth-order valence-corrected chi connectivity index (χ4v) is 4.55. The molecular formula is C31H28ClN3O6. The summed E-state index contributed by atoms with van der Waals surface area (Å²) in [5.41, 5.74) is 2.54. The van der Waals surface area contributed by atoms with Gasteiger partial charge in [-0.2, -0.15) is 0 Å². The van der Waals surface area contributed by atoms with E-state index in [2.05, 4.69) is 15.4 Å². The van der Waals surface area contributed by atoms with Crippen molar-refractivity contribution >= 4 is 40.8 Å². The fourth-order valence-electron chi connectivity index (χ4n) is 4.38. The van der Waals surface area contributed by atoms with Crippen LogP contribution in [0.1, 0.15) is 28.9 Å². The molecule has 210 valence electrons. The lowest BCUT2D eigenvalue weighted by molar-refractivity contribution is -0.119. The summed E-state index contributed by atoms with van der Waals surface area (Å²) < 4.78 is 11.5. The average molecular weight is 574 g/mol. The van der Waals surface area contributed by atoms with E-state index in [-0.39, 0.29) is 12.2 Å². The molecule has 0 radical (unpaired) electrons. The number of methoxy groups -OCH3 is 2. The highest BCUT2D eigenvalue weighted by Crippen LogP contribution is 2.34. The Morgan fingerprint density at radius 1 is 0.878 bits per heavy atom. The predicted octanol–water partition coefficient (Wildman–Crippen LogP) is 5.98. The summed E-state index contributed by atoms with van der Waals surface area (Å²) in [5.74, 6) is -0.345. The molecule has 2 N–H and O–H groups in total. The molecule has 0 spiro atoms. The molecule has 41 heavy (non-hydrogen) atoms. The molecule has 0 fully saturated rings. The zero-order chi connectivity index (χ0) is 29.5. The molecule has 0 bridgehead atoms. The lowest BCUT2D eigenvalue weighted by Crippen LogP contribution is -2.34. The van der Waals surface area contributed by atoms with Crippen molar-refractivity contribution in [1.82, 2.24) is 4.57 Å². The Morgan fingerprint density at radius 2 is 1.54 bits per heavy atom. The van der Waals surface area contributed by atoms with Crippen molar-refractivity contribution < 1.29 is 23.9 Å². The standard InChI is InChI=1S/C31H28ClN3O6/c1-19(36)24-14-9-21(32)16-25(24)26-17-29(37)35(18-28(26)40-2)27(15-20-7-5-4-6-8-20)30(38)33-22-10-12-23(13-11-22)34-31(39)41-3/h4-14,16-18,27H,15H2,1-3H3,(H,33,38)(H,34,39). The Labute approximate surface area is 241 Å². The summed E-state index contributed by atoms with van der Waals surface area (Å²) in [6.07, 6.45) is 1.07. The molecule has 1 aromatic heterocycles. The van der Waals surface area contributed by atoms with Crippen LogP contribution in [0.4, 0.5) is 16.2 Å². The van der Waals surface area contributed by atoms with Crippen LogP contribution in [0.3, 0.4) is 0 Å². The number of aromatic nitrogens is 1. The molecule has 3 aromatic carbocycles. The van der Waals surface area contributed by atoms with Crippen LogP contribution in [0.25, 0.3) is 11.1 Å². The van der Waals surface area contributed by atoms with E-state index in [4.69, 9.17) is 16.3 Å². The maximum atomic E-state index is 13.7. The van der Waals surface area contributed by atoms with Crippen LogP contribution >= 0.6 is 11.6 Å². The second-order valence-electron chi connectivity index (χ2n) is 9.14. The molecule has 9 nitrogen and oxygen atoms in total. The largest absolute Gasteiger partial charge is 0.495 e. The fraction of sp³-hybridized carbons (Fsp3) is 0.161. The molecule has 0 aliphatic rings. The Kier molecular flexibility index (Phi) is 9.21. The van der Waals surface area contributed by atoms with Gasteiger partial charge in [-0.1, -0.05) is 41.9 Å². The summed E-state index contributed by atoms with van der Waals surface area (Å²) in [4.78, 5) is 51.0. The van der Waals surface area contributed by atoms with Crippen LogP contribution in [-0.2, 0) is 16.0 Å². The molecule has 4 aromatic rings. The number of ether oxygens (including phenoxy) is 2. The number of Topliss-reactive ketones (excluding diaryl/α,β-unsaturated/α-hetero) is 1. The van der Waals surface area contributed by atoms with Crippen molar-refractivity contribution in [3.8, 4) is 16.9 Å². The Hall–Kier alpha value is -4.89. The van der Waals surface area contributed by atoms with Crippen LogP contribution < -0.4 is 20.9 Å². The van der Waals surface area contributed by atoms with Gasteiger partial charge in [0.2, 0.25) is 5.91 Å². The monoisotopic (exact) mass is 573 g/mol. The third kappa shape index (κ3) is 7.01. The lowest BCUT2D eigenvalue weighted by atomic mass is 9.97. The van der Waals surface area contributed by atoms with Gasteiger partial charge in [-0.25, -0.2) is 4.79 Å². The SMILES string of the molecule is COC(=O)Nc1ccc(NC(=O)C(Cc2ccccc2)n2cc(OC)c(-c3cc(Cl)ccc3C(C)=O)cc2=O)cc1. The van der Waals surface area contributed by atoms with Crippen LogP contribution in [0.2, 0.25) is 5.02 Å². The number of nitrogens with one attached hydrogen (secondary N) is 2. The molecule has 0 saturated carbocycles. The lowest BCUT2D eigenvalue weighted by Gasteiger charge is -2.22. The number of carbonyl (C=O) groups is 3. The van der Waals surface area contributed by atoms with E-state index in [0.29, 0.717) is 38.8 Å². The highest BCUT2D eigenvalue weighted by molar-refractivity contribution is 6.31. The van der Waals surface area contributed by atoms with Gasteiger partial charge in [-0.3, -0.25) is 24.3 Å². The first-order chi connectivity index (χ1) is 19.7. The van der Waals surface area contributed by atoms with Crippen molar-refractivity contribution in [3.63, 3.8) is 0 Å². The maximum absolute atomic E-state index is 13.7. The van der Waals surface area contributed by atoms with E-state index in [9.17, 15) is 19.2 Å². The maximum Gasteiger partial charge on any atom is 0.411 e. The second kappa shape index (κ2) is 13.0. The number of amides is 2. The van der Waals surface area contributed by atoms with Crippen LogP contribution in [0.5, 0.6) is 5.75 Å². The van der Waals surface area contributed by atoms with Gasteiger partial charge in [-0.15, -0.1) is 0 Å². The minimum absolute atomic E-state index is 0.197. The van der Waals surface area contributed by atoms with E-state index < -0.39 is 23.6 Å². The number of rotatable bonds is 9. The van der Waals surface area contributed by atoms with Crippen molar-refractivity contribution in [2.45, 2.75) is 19.4 Å². The van der Waals surface area contributed by atoms with Crippen LogP contribution in [0.15, 0.2) is 89.9 Å². The molecule has 1 atom stereocenters. The number of nitrogens with zero attached hydrogens (tertiary/aromatic N) is 1. The number of ketones is 1. The number of halogens is 1. The first kappa shape index (κ1) is 29.1. The van der Waals surface area contributed by atoms with Crippen molar-refractivity contribution in [1.29, 1.82) is 0 Å². The van der Waals surface area contributed by atoms with Crippen molar-refractivity contribution in [2.75, 3.05) is 24.9 Å². The van der Waals surface area contributed by atoms with Gasteiger partial charge < -0.3 is 14.8 Å². The Bertz CT molecular complexity index is 1630. The zero-order valence-corrected chi connectivity index (χ0v) is 23.4. The molecule has 1 unspecified atom stereocenters. The summed E-state index contributed by atoms with van der Waals surface area (Å²) in [5, 5.41) is 5.79. The van der Waals surface area contributed by atoms with E-state index in [0.717, 1.165) is 5.56 Å². The first-order valence-electron chi connectivity index (χ1n) is 12.6. The van der Waals surface area contributed by atoms with Crippen molar-refractivity contribution in [2.24, 2.45) is 0 Å². The van der Waals surface area contributed by atoms with Crippen molar-refractivity contribution in [3.05, 3.63) is 112 Å². The van der Waals surface area contributed by atoms with Gasteiger partial charge in [0.1, 0.15) is 11.8 Å². The minimum atomic E-state index is -0.952. The Morgan fingerprint density at radius 3 is 2.15 bits per heavy atom. The summed E-state index contributed by atoms with van der Waals surface area (Å²) in [7, 11) is 2.71. The van der Waals surface area contributed by atoms with Crippen LogP contribution in [-0.4, -0.2) is 36.6 Å². The molecule has 0 saturated heterocycles. The van der Waals surface area contributed by atoms with Gasteiger partial charge in [0.15, 0.2) is 5.78 Å². The molecule has 0 aliphatic carbocycles. The minimum Gasteiger partial charge on any atom is -0.495 e. The average Bonchev–Trinajstić information content (AvgIpc) is 2.97. The van der Waals surface area contributed by atoms with E-state index in [1.54, 1.807) is 42.5 Å². The normalized spacial score (nSPS) is 11.3. The van der Waals surface area contributed by atoms with Gasteiger partial charge in [0.25, 0.3) is 5.56 Å². The first-order valence-corrected chi connectivity index (χ1v) is 13.0. The number of anilines is 2. The third-order valence-corrected chi connectivity index (χ3v) is 6.64. The second-order valence-corrected chi connectivity index (χ2v) is 9.57. The van der Waals surface area contributed by atoms with Gasteiger partial charge >= 0.3 is 6.09 Å². The van der Waals surface area contributed by atoms with Gasteiger partial charge in [0.05, 0.1) is 20.4 Å². The summed E-state index contributed by atoms with van der Waals surface area (Å²) >= 11 is 6.22. The molecule has 4 rings (SSSR count). The van der Waals surface area contributed by atoms with Gasteiger partial charge in [-0.05, 0) is 60.5 Å². The topological polar surface area (TPSA) is 116 Å². The molecule has 10 heteroatoms. The number of carbonyl (C=O) groups excluding carboxylic acids is 3. The highest BCUT2D eigenvalue weighted by atomic mass is 35.5. The number of pyridine rings is 1. The Balaban J connectivity index is 1.74. The molecule has 1 heterocycles. The van der Waals surface area contributed by atoms with E-state index >= 15 is 0 Å². The third-order valence-electron chi connectivity index (χ3n) is 6.41. The molecule has 2 amide bonds. The van der Waals surface area contributed by atoms with Gasteiger partial charge in [0, 0.05) is 40.0 Å². The van der Waals surface area contributed by atoms with Crippen LogP contribution in [0, 0.1) is 0 Å². The highest BCUT2D eigenvalue weighted by Gasteiger charge is 2.25. The predicted molar refractivity (Wildman–Crippen MR) is 158 cm³/mol. The summed E-state index contributed by atoms with van der Waals surface area (Å²) in [6, 6.07) is 21.0. The summed E-state index contributed by atoms with van der Waals surface area (Å²) in [6.45, 7) is 1.43. The smallest absolute Gasteiger partial charge is 0.411 e. The quantitative estimate of drug-likeness (QED) is 0.238. The van der Waals surface area contributed by atoms with E-state index in [1.807, 2.05) is 30.3 Å². The van der Waals surface area contributed by atoms with E-state index in [1.165, 1.54) is 38.0 Å². The molecular weight excluding hydrogens is 546 g/mol. The number of hydrogen-bond donors (Lipinski definition) is 2. The number of hydrogen-bond acceptors (Lipinski definition) is 6. The zero-order valence-electron chi connectivity index (χ0n) is 22.6. The number of benzene rings is 3. The molecule has 0 aliphatic heterocycles.